The van der Waals surface area contributed by atoms with Gasteiger partial charge in [0.2, 0.25) is 0 Å². The minimum absolute atomic E-state index is 0.0362. The first kappa shape index (κ1) is 14.4. The Morgan fingerprint density at radius 1 is 1.05 bits per heavy atom. The first-order valence-electron chi connectivity index (χ1n) is 7.40. The number of rotatable bonds is 2. The Morgan fingerprint density at radius 2 is 1.76 bits per heavy atom. The maximum atomic E-state index is 12.0. The summed E-state index contributed by atoms with van der Waals surface area (Å²) in [6.45, 7) is 3.53. The molecule has 21 heavy (non-hydrogen) atoms. The largest absolute Gasteiger partial charge is 0.393 e. The van der Waals surface area contributed by atoms with Crippen molar-refractivity contribution in [1.29, 1.82) is 0 Å². The van der Waals surface area contributed by atoms with E-state index in [1.54, 1.807) is 6.92 Å². The highest BCUT2D eigenvalue weighted by Gasteiger charge is 2.55. The zero-order chi connectivity index (χ0) is 15.3. The van der Waals surface area contributed by atoms with Crippen LogP contribution in [0.5, 0.6) is 0 Å². The summed E-state index contributed by atoms with van der Waals surface area (Å²) in [4.78, 5) is 47.3. The minimum Gasteiger partial charge on any atom is -0.393 e. The standard InChI is InChI=1S/C15H18O6/c1-3-10-13-7(8(16)5-9(13)17)4-11(20-10)12-6(2)14(18)21-15(12)19/h6-7,10-13H,3-5H2,1-2H3. The number of carbonyl (C=O) groups is 4. The summed E-state index contributed by atoms with van der Waals surface area (Å²) >= 11 is 0. The predicted molar refractivity (Wildman–Crippen MR) is 68.9 cm³/mol. The molecule has 3 fully saturated rings. The summed E-state index contributed by atoms with van der Waals surface area (Å²) < 4.78 is 10.6. The van der Waals surface area contributed by atoms with Crippen molar-refractivity contribution in [1.82, 2.24) is 0 Å². The molecule has 0 aromatic carbocycles. The monoisotopic (exact) mass is 294 g/mol. The van der Waals surface area contributed by atoms with Gasteiger partial charge in [0.1, 0.15) is 11.6 Å². The molecule has 2 heterocycles. The van der Waals surface area contributed by atoms with E-state index in [0.29, 0.717) is 12.8 Å². The van der Waals surface area contributed by atoms with Gasteiger partial charge in [0.05, 0.1) is 36.4 Å². The fourth-order valence-electron chi connectivity index (χ4n) is 3.87. The third-order valence-electron chi connectivity index (χ3n) is 4.99. The van der Waals surface area contributed by atoms with E-state index in [0.717, 1.165) is 0 Å². The van der Waals surface area contributed by atoms with Crippen molar-refractivity contribution in [3.63, 3.8) is 0 Å². The molecule has 0 N–H and O–H groups in total. The summed E-state index contributed by atoms with van der Waals surface area (Å²) in [7, 11) is 0. The Bertz CT molecular complexity index is 524. The number of ether oxygens (including phenoxy) is 2. The molecule has 2 saturated heterocycles. The van der Waals surface area contributed by atoms with E-state index in [-0.39, 0.29) is 35.9 Å². The van der Waals surface area contributed by atoms with E-state index in [4.69, 9.17) is 4.74 Å². The number of ketones is 2. The lowest BCUT2D eigenvalue weighted by Crippen LogP contribution is -2.47. The number of carbonyl (C=O) groups excluding carboxylic acids is 4. The smallest absolute Gasteiger partial charge is 0.320 e. The summed E-state index contributed by atoms with van der Waals surface area (Å²) in [6, 6.07) is 0. The number of cyclic esters (lactones) is 2. The Labute approximate surface area is 122 Å². The van der Waals surface area contributed by atoms with Crippen LogP contribution in [-0.4, -0.2) is 35.7 Å². The van der Waals surface area contributed by atoms with Gasteiger partial charge in [-0.1, -0.05) is 13.8 Å². The number of fused-ring (bicyclic) bond motifs is 1. The molecule has 1 aliphatic carbocycles. The average Bonchev–Trinajstić information content (AvgIpc) is 2.86. The summed E-state index contributed by atoms with van der Waals surface area (Å²) in [5, 5.41) is 0. The lowest BCUT2D eigenvalue weighted by atomic mass is 9.77. The molecule has 6 nitrogen and oxygen atoms in total. The van der Waals surface area contributed by atoms with Crippen molar-refractivity contribution >= 4 is 23.5 Å². The number of hydrogen-bond donors (Lipinski definition) is 0. The molecule has 0 spiro atoms. The summed E-state index contributed by atoms with van der Waals surface area (Å²) in [5.74, 6) is -3.26. The van der Waals surface area contributed by atoms with E-state index in [1.807, 2.05) is 6.92 Å². The van der Waals surface area contributed by atoms with Crippen LogP contribution in [0.4, 0.5) is 0 Å². The van der Waals surface area contributed by atoms with Gasteiger partial charge in [-0.15, -0.1) is 0 Å². The molecule has 114 valence electrons. The molecule has 1 saturated carbocycles. The normalized spacial score (nSPS) is 43.1. The quantitative estimate of drug-likeness (QED) is 0.549. The molecule has 0 bridgehead atoms. The number of hydrogen-bond acceptors (Lipinski definition) is 6. The molecular weight excluding hydrogens is 276 g/mol. The molecule has 2 aliphatic heterocycles. The van der Waals surface area contributed by atoms with Crippen molar-refractivity contribution in [2.24, 2.45) is 23.7 Å². The predicted octanol–water partition coefficient (Wildman–Crippen LogP) is 0.664. The third kappa shape index (κ3) is 2.12. The van der Waals surface area contributed by atoms with Crippen LogP contribution in [0.25, 0.3) is 0 Å². The van der Waals surface area contributed by atoms with Gasteiger partial charge in [-0.2, -0.15) is 0 Å². The van der Waals surface area contributed by atoms with Gasteiger partial charge < -0.3 is 9.47 Å². The highest BCUT2D eigenvalue weighted by Crippen LogP contribution is 2.43. The molecular formula is C15H18O6. The van der Waals surface area contributed by atoms with Gasteiger partial charge in [-0.05, 0) is 12.8 Å². The second-order valence-electron chi connectivity index (χ2n) is 6.15. The lowest BCUT2D eigenvalue weighted by Gasteiger charge is -2.39. The maximum Gasteiger partial charge on any atom is 0.320 e. The van der Waals surface area contributed by atoms with Crippen LogP contribution in [0.3, 0.4) is 0 Å². The molecule has 6 atom stereocenters. The molecule has 0 aromatic heterocycles. The van der Waals surface area contributed by atoms with Crippen LogP contribution < -0.4 is 0 Å². The van der Waals surface area contributed by atoms with E-state index < -0.39 is 29.9 Å². The highest BCUT2D eigenvalue weighted by molar-refractivity contribution is 6.09. The van der Waals surface area contributed by atoms with Crippen LogP contribution in [0.15, 0.2) is 0 Å². The molecule has 0 aromatic rings. The first-order valence-corrected chi connectivity index (χ1v) is 7.40. The topological polar surface area (TPSA) is 86.7 Å². The SMILES string of the molecule is CCC1OC(C2C(=O)OC(=O)C2C)CC2C(=O)CC(=O)C12. The fourth-order valence-corrected chi connectivity index (χ4v) is 3.87. The zero-order valence-corrected chi connectivity index (χ0v) is 12.0. The Kier molecular flexibility index (Phi) is 3.43. The Morgan fingerprint density at radius 3 is 2.33 bits per heavy atom. The van der Waals surface area contributed by atoms with Gasteiger partial charge in [0.25, 0.3) is 0 Å². The summed E-state index contributed by atoms with van der Waals surface area (Å²) in [5.41, 5.74) is 0. The van der Waals surface area contributed by atoms with E-state index in [9.17, 15) is 19.2 Å². The Balaban J connectivity index is 1.86. The van der Waals surface area contributed by atoms with Gasteiger partial charge in [-0.25, -0.2) is 0 Å². The molecule has 3 aliphatic rings. The number of esters is 2. The molecule has 3 rings (SSSR count). The minimum atomic E-state index is -0.670. The second kappa shape index (κ2) is 5.02. The van der Waals surface area contributed by atoms with Gasteiger partial charge in [-0.3, -0.25) is 19.2 Å². The fraction of sp³-hybridized carbons (Fsp3) is 0.733. The molecule has 0 radical (unpaired) electrons. The van der Waals surface area contributed by atoms with Crippen LogP contribution in [0, 0.1) is 23.7 Å². The van der Waals surface area contributed by atoms with E-state index >= 15 is 0 Å². The third-order valence-corrected chi connectivity index (χ3v) is 4.99. The number of Topliss-reactive ketones (excluding diaryl/α,β-unsaturated/α-hetero) is 2. The van der Waals surface area contributed by atoms with Crippen molar-refractivity contribution in [3.05, 3.63) is 0 Å². The maximum absolute atomic E-state index is 12.0. The van der Waals surface area contributed by atoms with E-state index in [2.05, 4.69) is 4.74 Å². The molecule has 6 unspecified atom stereocenters. The summed E-state index contributed by atoms with van der Waals surface area (Å²) in [6.07, 6.45) is -0.00139. The van der Waals surface area contributed by atoms with Crippen LogP contribution >= 0.6 is 0 Å². The van der Waals surface area contributed by atoms with Gasteiger partial charge in [0, 0.05) is 5.92 Å². The van der Waals surface area contributed by atoms with Crippen molar-refractivity contribution < 1.29 is 28.7 Å². The molecule has 6 heteroatoms. The van der Waals surface area contributed by atoms with Crippen LogP contribution in [-0.2, 0) is 28.7 Å². The first-order chi connectivity index (χ1) is 9.93. The van der Waals surface area contributed by atoms with Gasteiger partial charge >= 0.3 is 11.9 Å². The highest BCUT2D eigenvalue weighted by atomic mass is 16.6. The average molecular weight is 294 g/mol. The Hall–Kier alpha value is -1.56. The van der Waals surface area contributed by atoms with Gasteiger partial charge in [0.15, 0.2) is 0 Å². The van der Waals surface area contributed by atoms with Crippen molar-refractivity contribution in [2.45, 2.75) is 45.3 Å². The van der Waals surface area contributed by atoms with Crippen LogP contribution in [0.1, 0.15) is 33.1 Å². The second-order valence-corrected chi connectivity index (χ2v) is 6.15. The van der Waals surface area contributed by atoms with E-state index in [1.165, 1.54) is 0 Å². The van der Waals surface area contributed by atoms with Crippen LogP contribution in [0.2, 0.25) is 0 Å². The zero-order valence-electron chi connectivity index (χ0n) is 12.0. The molecule has 0 amide bonds. The van der Waals surface area contributed by atoms with Crippen molar-refractivity contribution in [2.75, 3.05) is 0 Å². The van der Waals surface area contributed by atoms with Crippen molar-refractivity contribution in [3.8, 4) is 0 Å². The lowest BCUT2D eigenvalue weighted by molar-refractivity contribution is -0.163.